The molecule has 0 atom stereocenters. The van der Waals surface area contributed by atoms with Crippen LogP contribution >= 0.6 is 0 Å². The lowest BCUT2D eigenvalue weighted by Crippen LogP contribution is -2.33. The molecule has 0 spiro atoms. The third kappa shape index (κ3) is 2.44. The number of rotatable bonds is 4. The maximum Gasteiger partial charge on any atom is 0.339 e. The Bertz CT molecular complexity index is 666. The molecular weight excluding hydrogens is 270 g/mol. The second-order valence-corrected chi connectivity index (χ2v) is 4.90. The van der Waals surface area contributed by atoms with Crippen LogP contribution in [-0.2, 0) is 13.1 Å². The highest BCUT2D eigenvalue weighted by atomic mass is 16.5. The second kappa shape index (κ2) is 5.47. The summed E-state index contributed by atoms with van der Waals surface area (Å²) in [6.45, 7) is 4.83. The molecule has 0 saturated carbocycles. The molecule has 2 heterocycles. The van der Waals surface area contributed by atoms with Crippen molar-refractivity contribution in [2.24, 2.45) is 0 Å². The normalized spacial score (nSPS) is 13.7. The van der Waals surface area contributed by atoms with Gasteiger partial charge < -0.3 is 19.3 Å². The van der Waals surface area contributed by atoms with Gasteiger partial charge in [-0.25, -0.2) is 9.78 Å². The zero-order chi connectivity index (χ0) is 14.8. The standard InChI is InChI=1S/C15H17N3O3/c1-2-17-10-16-8-11(17)9-18-6-7-21-14-12(15(19)20)4-3-5-13(14)18/h3-5,8,10H,2,6-7,9H2,1H3,(H,19,20). The second-order valence-electron chi connectivity index (χ2n) is 4.90. The van der Waals surface area contributed by atoms with Crippen LogP contribution in [0.5, 0.6) is 5.75 Å². The highest BCUT2D eigenvalue weighted by molar-refractivity contribution is 5.93. The molecule has 1 N–H and O–H groups in total. The number of carbonyl (C=O) groups is 1. The molecule has 0 unspecified atom stereocenters. The Balaban J connectivity index is 1.94. The lowest BCUT2D eigenvalue weighted by atomic mass is 10.1. The summed E-state index contributed by atoms with van der Waals surface area (Å²) in [5.74, 6) is -0.508. The zero-order valence-electron chi connectivity index (χ0n) is 11.8. The van der Waals surface area contributed by atoms with Gasteiger partial charge in [-0.1, -0.05) is 6.07 Å². The van der Waals surface area contributed by atoms with E-state index in [0.29, 0.717) is 18.9 Å². The molecule has 1 aliphatic rings. The van der Waals surface area contributed by atoms with E-state index in [0.717, 1.165) is 24.5 Å². The first kappa shape index (κ1) is 13.5. The summed E-state index contributed by atoms with van der Waals surface area (Å²) in [6, 6.07) is 5.22. The van der Waals surface area contributed by atoms with E-state index in [-0.39, 0.29) is 5.56 Å². The fourth-order valence-electron chi connectivity index (χ4n) is 2.60. The van der Waals surface area contributed by atoms with Crippen LogP contribution in [0, 0.1) is 0 Å². The van der Waals surface area contributed by atoms with Crippen LogP contribution in [0.15, 0.2) is 30.7 Å². The van der Waals surface area contributed by atoms with Crippen molar-refractivity contribution in [1.29, 1.82) is 0 Å². The minimum absolute atomic E-state index is 0.209. The number of aromatic nitrogens is 2. The van der Waals surface area contributed by atoms with E-state index < -0.39 is 5.97 Å². The Labute approximate surface area is 122 Å². The van der Waals surface area contributed by atoms with Gasteiger partial charge in [0.25, 0.3) is 0 Å². The largest absolute Gasteiger partial charge is 0.489 e. The number of aromatic carboxylic acids is 1. The van der Waals surface area contributed by atoms with Gasteiger partial charge in [-0.2, -0.15) is 0 Å². The van der Waals surface area contributed by atoms with Crippen LogP contribution in [-0.4, -0.2) is 33.8 Å². The molecule has 0 saturated heterocycles. The fourth-order valence-corrected chi connectivity index (χ4v) is 2.60. The third-order valence-corrected chi connectivity index (χ3v) is 3.67. The first-order valence-corrected chi connectivity index (χ1v) is 6.93. The molecule has 0 fully saturated rings. The number of carboxylic acids is 1. The van der Waals surface area contributed by atoms with E-state index in [1.165, 1.54) is 0 Å². The Morgan fingerprint density at radius 1 is 1.48 bits per heavy atom. The van der Waals surface area contributed by atoms with E-state index >= 15 is 0 Å². The molecule has 1 aromatic carbocycles. The Kier molecular flexibility index (Phi) is 3.51. The smallest absolute Gasteiger partial charge is 0.339 e. The van der Waals surface area contributed by atoms with Crippen molar-refractivity contribution in [3.05, 3.63) is 42.0 Å². The van der Waals surface area contributed by atoms with Crippen molar-refractivity contribution < 1.29 is 14.6 Å². The van der Waals surface area contributed by atoms with Gasteiger partial charge in [-0.15, -0.1) is 0 Å². The Hall–Kier alpha value is -2.50. The molecule has 1 aliphatic heterocycles. The molecule has 0 radical (unpaired) electrons. The quantitative estimate of drug-likeness (QED) is 0.931. The van der Waals surface area contributed by atoms with E-state index in [1.807, 2.05) is 18.6 Å². The summed E-state index contributed by atoms with van der Waals surface area (Å²) in [6.07, 6.45) is 3.66. The number of imidazole rings is 1. The average molecular weight is 287 g/mol. The highest BCUT2D eigenvalue weighted by Gasteiger charge is 2.24. The average Bonchev–Trinajstić information content (AvgIpc) is 2.94. The lowest BCUT2D eigenvalue weighted by Gasteiger charge is -2.32. The number of benzene rings is 1. The molecular formula is C15H17N3O3. The predicted octanol–water partition coefficient (Wildman–Crippen LogP) is 2.00. The molecule has 110 valence electrons. The van der Waals surface area contributed by atoms with Gasteiger partial charge >= 0.3 is 5.97 Å². The van der Waals surface area contributed by atoms with E-state index in [2.05, 4.69) is 21.4 Å². The van der Waals surface area contributed by atoms with Crippen molar-refractivity contribution in [3.63, 3.8) is 0 Å². The van der Waals surface area contributed by atoms with Crippen LogP contribution in [0.25, 0.3) is 0 Å². The summed E-state index contributed by atoms with van der Waals surface area (Å²) < 4.78 is 7.66. The topological polar surface area (TPSA) is 67.6 Å². The summed E-state index contributed by atoms with van der Waals surface area (Å²) in [7, 11) is 0. The summed E-state index contributed by atoms with van der Waals surface area (Å²) in [4.78, 5) is 17.6. The molecule has 2 aromatic rings. The predicted molar refractivity (Wildman–Crippen MR) is 77.8 cm³/mol. The maximum atomic E-state index is 11.3. The maximum absolute atomic E-state index is 11.3. The lowest BCUT2D eigenvalue weighted by molar-refractivity contribution is 0.0692. The van der Waals surface area contributed by atoms with Crippen LogP contribution < -0.4 is 9.64 Å². The van der Waals surface area contributed by atoms with Gasteiger partial charge in [0.05, 0.1) is 30.8 Å². The number of anilines is 1. The van der Waals surface area contributed by atoms with Gasteiger partial charge in [0.2, 0.25) is 0 Å². The Morgan fingerprint density at radius 2 is 2.33 bits per heavy atom. The van der Waals surface area contributed by atoms with Crippen molar-refractivity contribution >= 4 is 11.7 Å². The Morgan fingerprint density at radius 3 is 3.10 bits per heavy atom. The van der Waals surface area contributed by atoms with E-state index in [9.17, 15) is 9.90 Å². The first-order chi connectivity index (χ1) is 10.2. The number of carboxylic acid groups (broad SMARTS) is 1. The molecule has 0 aliphatic carbocycles. The van der Waals surface area contributed by atoms with E-state index in [1.54, 1.807) is 12.1 Å². The van der Waals surface area contributed by atoms with Gasteiger partial charge in [0.15, 0.2) is 5.75 Å². The first-order valence-electron chi connectivity index (χ1n) is 6.93. The molecule has 21 heavy (non-hydrogen) atoms. The summed E-state index contributed by atoms with van der Waals surface area (Å²) >= 11 is 0. The number of ether oxygens (including phenoxy) is 1. The van der Waals surface area contributed by atoms with Crippen molar-refractivity contribution in [1.82, 2.24) is 9.55 Å². The van der Waals surface area contributed by atoms with Gasteiger partial charge in [-0.05, 0) is 19.1 Å². The zero-order valence-corrected chi connectivity index (χ0v) is 11.8. The molecule has 1 aromatic heterocycles. The molecule has 6 nitrogen and oxygen atoms in total. The van der Waals surface area contributed by atoms with Crippen molar-refractivity contribution in [2.45, 2.75) is 20.0 Å². The monoisotopic (exact) mass is 287 g/mol. The number of aryl methyl sites for hydroxylation is 1. The van der Waals surface area contributed by atoms with Gasteiger partial charge in [-0.3, -0.25) is 0 Å². The van der Waals surface area contributed by atoms with Crippen LogP contribution in [0.4, 0.5) is 5.69 Å². The molecule has 6 heteroatoms. The van der Waals surface area contributed by atoms with Gasteiger partial charge in [0.1, 0.15) is 12.2 Å². The minimum Gasteiger partial charge on any atom is -0.489 e. The summed E-state index contributed by atoms with van der Waals surface area (Å²) in [5.41, 5.74) is 2.14. The fraction of sp³-hybridized carbons (Fsp3) is 0.333. The van der Waals surface area contributed by atoms with Crippen molar-refractivity contribution in [3.8, 4) is 5.75 Å². The van der Waals surface area contributed by atoms with Crippen LogP contribution in [0.3, 0.4) is 0 Å². The molecule has 0 amide bonds. The van der Waals surface area contributed by atoms with Crippen LogP contribution in [0.2, 0.25) is 0 Å². The van der Waals surface area contributed by atoms with Gasteiger partial charge in [0, 0.05) is 12.7 Å². The molecule has 0 bridgehead atoms. The number of nitrogens with zero attached hydrogens (tertiary/aromatic N) is 3. The highest BCUT2D eigenvalue weighted by Crippen LogP contribution is 2.35. The minimum atomic E-state index is -0.965. The number of para-hydroxylation sites is 1. The number of hydrogen-bond donors (Lipinski definition) is 1. The van der Waals surface area contributed by atoms with Crippen LogP contribution in [0.1, 0.15) is 23.0 Å². The van der Waals surface area contributed by atoms with E-state index in [4.69, 9.17) is 4.74 Å². The van der Waals surface area contributed by atoms with Crippen molar-refractivity contribution in [2.75, 3.05) is 18.1 Å². The SMILES string of the molecule is CCn1cncc1CN1CCOc2c(C(=O)O)cccc21. The summed E-state index contributed by atoms with van der Waals surface area (Å²) in [5, 5.41) is 9.25. The number of hydrogen-bond acceptors (Lipinski definition) is 4. The number of fused-ring (bicyclic) bond motifs is 1. The molecule has 3 rings (SSSR count). The third-order valence-electron chi connectivity index (χ3n) is 3.67.